The van der Waals surface area contributed by atoms with Crippen LogP contribution in [0.5, 0.6) is 0 Å². The molecule has 1 N–H and O–H groups in total. The van der Waals surface area contributed by atoms with Crippen molar-refractivity contribution in [1.82, 2.24) is 34.2 Å². The van der Waals surface area contributed by atoms with Crippen LogP contribution in [0.15, 0.2) is 42.9 Å². The molecule has 0 aliphatic carbocycles. The van der Waals surface area contributed by atoms with Gasteiger partial charge in [0, 0.05) is 49.8 Å². The van der Waals surface area contributed by atoms with E-state index >= 15 is 0 Å². The fraction of sp³-hybridized carbons (Fsp3) is 0.320. The molecule has 0 radical (unpaired) electrons. The highest BCUT2D eigenvalue weighted by molar-refractivity contribution is 5.92. The van der Waals surface area contributed by atoms with E-state index in [-0.39, 0.29) is 59.6 Å². The Morgan fingerprint density at radius 3 is 2.86 bits per heavy atom. The molecule has 0 fully saturated rings. The predicted octanol–water partition coefficient (Wildman–Crippen LogP) is 3.24. The van der Waals surface area contributed by atoms with Crippen LogP contribution in [0.2, 0.25) is 0 Å². The molecule has 5 rings (SSSR count). The minimum atomic E-state index is -2.52. The van der Waals surface area contributed by atoms with Crippen molar-refractivity contribution in [2.24, 2.45) is 7.05 Å². The number of halogens is 1. The van der Waals surface area contributed by atoms with Crippen LogP contribution in [0.3, 0.4) is 0 Å². The molecule has 1 aromatic carbocycles. The summed E-state index contributed by atoms with van der Waals surface area (Å²) in [6, 6.07) is 6.24. The molecule has 0 bridgehead atoms. The summed E-state index contributed by atoms with van der Waals surface area (Å²) in [6.45, 7) is -0.0757. The molecule has 0 saturated carbocycles. The fourth-order valence-electron chi connectivity index (χ4n) is 4.18. The second-order valence-corrected chi connectivity index (χ2v) is 8.65. The zero-order valence-electron chi connectivity index (χ0n) is 23.1. The van der Waals surface area contributed by atoms with Crippen molar-refractivity contribution < 1.29 is 18.0 Å². The maximum absolute atomic E-state index is 14.2. The predicted molar refractivity (Wildman–Crippen MR) is 131 cm³/mol. The van der Waals surface area contributed by atoms with Gasteiger partial charge in [0.05, 0.1) is 24.5 Å². The molecule has 1 amide bonds. The number of benzene rings is 1. The number of fused-ring (bicyclic) bond motifs is 1. The SMILES string of the molecule is [2H]C([2H])([2H])c1cnc(Nc2ccnn2C)nc1-c1cn2c(n1)C(=O)N(Cc1ccc(C)c(F)c1)[C@H](COC)C2. The summed E-state index contributed by atoms with van der Waals surface area (Å²) in [5.41, 5.74) is 1.36. The Hall–Kier alpha value is -4.12. The van der Waals surface area contributed by atoms with Gasteiger partial charge in [-0.1, -0.05) is 12.1 Å². The molecule has 36 heavy (non-hydrogen) atoms. The third-order valence-corrected chi connectivity index (χ3v) is 6.12. The van der Waals surface area contributed by atoms with Crippen molar-refractivity contribution in [3.63, 3.8) is 0 Å². The summed E-state index contributed by atoms with van der Waals surface area (Å²) in [6.07, 6.45) is 4.45. The van der Waals surface area contributed by atoms with Crippen molar-refractivity contribution in [1.29, 1.82) is 0 Å². The molecule has 0 spiro atoms. The van der Waals surface area contributed by atoms with Gasteiger partial charge in [-0.15, -0.1) is 0 Å². The topological polar surface area (TPSA) is 103 Å². The van der Waals surface area contributed by atoms with E-state index in [1.807, 2.05) is 0 Å². The zero-order chi connectivity index (χ0) is 27.9. The largest absolute Gasteiger partial charge is 0.382 e. The number of rotatable bonds is 7. The average Bonchev–Trinajstić information content (AvgIpc) is 3.49. The molecule has 0 saturated heterocycles. The van der Waals surface area contributed by atoms with E-state index in [1.165, 1.54) is 12.3 Å². The van der Waals surface area contributed by atoms with Gasteiger partial charge in [-0.25, -0.2) is 19.3 Å². The summed E-state index contributed by atoms with van der Waals surface area (Å²) < 4.78 is 46.8. The van der Waals surface area contributed by atoms with E-state index in [0.717, 1.165) is 0 Å². The number of aromatic nitrogens is 6. The summed E-state index contributed by atoms with van der Waals surface area (Å²) in [5.74, 6) is 0.154. The van der Waals surface area contributed by atoms with Gasteiger partial charge in [0.15, 0.2) is 5.82 Å². The number of carbonyl (C=O) groups excluding carboxylic acids is 1. The monoisotopic (exact) mass is 493 g/mol. The maximum Gasteiger partial charge on any atom is 0.290 e. The number of nitrogens with one attached hydrogen (secondary N) is 1. The molecule has 10 nitrogen and oxygen atoms in total. The Labute approximate surface area is 212 Å². The quantitative estimate of drug-likeness (QED) is 0.422. The highest BCUT2D eigenvalue weighted by atomic mass is 19.1. The van der Waals surface area contributed by atoms with Crippen molar-refractivity contribution in [2.45, 2.75) is 32.9 Å². The normalized spacial score (nSPS) is 16.9. The van der Waals surface area contributed by atoms with E-state index < -0.39 is 6.85 Å². The molecule has 186 valence electrons. The van der Waals surface area contributed by atoms with Gasteiger partial charge < -0.3 is 19.5 Å². The van der Waals surface area contributed by atoms with Gasteiger partial charge >= 0.3 is 0 Å². The average molecular weight is 494 g/mol. The molecule has 4 heterocycles. The zero-order valence-corrected chi connectivity index (χ0v) is 20.1. The molecule has 1 atom stereocenters. The van der Waals surface area contributed by atoms with E-state index in [1.54, 1.807) is 65.8 Å². The Kier molecular flexibility index (Phi) is 5.31. The molecule has 1 aliphatic heterocycles. The van der Waals surface area contributed by atoms with Crippen LogP contribution in [-0.2, 0) is 24.9 Å². The van der Waals surface area contributed by atoms with Crippen LogP contribution in [0.25, 0.3) is 11.4 Å². The van der Waals surface area contributed by atoms with Gasteiger partial charge in [0.25, 0.3) is 5.91 Å². The van der Waals surface area contributed by atoms with Gasteiger partial charge in [-0.05, 0) is 36.5 Å². The molecular weight excluding hydrogens is 463 g/mol. The van der Waals surface area contributed by atoms with Gasteiger partial charge in [0.1, 0.15) is 17.3 Å². The number of amides is 1. The first-order valence-corrected chi connectivity index (χ1v) is 11.3. The number of anilines is 2. The second-order valence-electron chi connectivity index (χ2n) is 8.65. The number of ether oxygens (including phenoxy) is 1. The lowest BCUT2D eigenvalue weighted by atomic mass is 10.1. The first-order chi connectivity index (χ1) is 18.5. The first kappa shape index (κ1) is 20.1. The van der Waals surface area contributed by atoms with Crippen LogP contribution in [0.1, 0.15) is 31.4 Å². The standard InChI is InChI=1S/C25H27FN8O2/c1-15-5-6-17(9-19(15)26)11-34-18(14-36-4)12-33-13-20(29-23(33)24(34)35)22-16(2)10-27-25(31-22)30-21-7-8-28-32(21)3/h5-10,13,18H,11-12,14H2,1-4H3,(H,27,30,31)/t18-/m0/s1/i2D3. The molecular formula is C25H27FN8O2. The lowest BCUT2D eigenvalue weighted by Gasteiger charge is -2.35. The third-order valence-electron chi connectivity index (χ3n) is 6.12. The second kappa shape index (κ2) is 9.50. The van der Waals surface area contributed by atoms with Gasteiger partial charge in [-0.3, -0.25) is 9.48 Å². The third kappa shape index (κ3) is 4.44. The minimum Gasteiger partial charge on any atom is -0.382 e. The Morgan fingerprint density at radius 2 is 2.14 bits per heavy atom. The van der Waals surface area contributed by atoms with Crippen LogP contribution in [0.4, 0.5) is 16.2 Å². The summed E-state index contributed by atoms with van der Waals surface area (Å²) in [7, 11) is 3.28. The maximum atomic E-state index is 14.2. The van der Waals surface area contributed by atoms with Gasteiger partial charge in [-0.2, -0.15) is 5.10 Å². The number of nitrogens with zero attached hydrogens (tertiary/aromatic N) is 7. The molecule has 1 aliphatic rings. The number of hydrogen-bond acceptors (Lipinski definition) is 7. The molecule has 11 heteroatoms. The van der Waals surface area contributed by atoms with Crippen LogP contribution >= 0.6 is 0 Å². The lowest BCUT2D eigenvalue weighted by molar-refractivity contribution is 0.0380. The number of hydrogen-bond donors (Lipinski definition) is 1. The molecule has 0 unspecified atom stereocenters. The summed E-state index contributed by atoms with van der Waals surface area (Å²) in [5, 5.41) is 7.11. The number of carbonyl (C=O) groups is 1. The number of imidazole rings is 1. The Balaban J connectivity index is 1.53. The highest BCUT2D eigenvalue weighted by Gasteiger charge is 2.35. The van der Waals surface area contributed by atoms with Crippen LogP contribution < -0.4 is 5.32 Å². The van der Waals surface area contributed by atoms with Crippen LogP contribution in [-0.4, -0.2) is 59.9 Å². The Bertz CT molecular complexity index is 1530. The molecule has 3 aromatic heterocycles. The highest BCUT2D eigenvalue weighted by Crippen LogP contribution is 2.27. The summed E-state index contributed by atoms with van der Waals surface area (Å²) >= 11 is 0. The fourth-order valence-corrected chi connectivity index (χ4v) is 4.18. The number of aryl methyl sites for hydroxylation is 3. The Morgan fingerprint density at radius 1 is 1.28 bits per heavy atom. The number of methoxy groups -OCH3 is 1. The van der Waals surface area contributed by atoms with Crippen molar-refractivity contribution >= 4 is 17.7 Å². The minimum absolute atomic E-state index is 0.0832. The van der Waals surface area contributed by atoms with Gasteiger partial charge in [0.2, 0.25) is 5.95 Å². The van der Waals surface area contributed by atoms with Crippen LogP contribution in [0, 0.1) is 19.6 Å². The molecule has 4 aromatic rings. The van der Waals surface area contributed by atoms with Crippen molar-refractivity contribution in [2.75, 3.05) is 19.0 Å². The van der Waals surface area contributed by atoms with E-state index in [0.29, 0.717) is 23.5 Å². The van der Waals surface area contributed by atoms with E-state index in [2.05, 4.69) is 25.4 Å². The first-order valence-electron chi connectivity index (χ1n) is 12.8. The van der Waals surface area contributed by atoms with E-state index in [9.17, 15) is 9.18 Å². The van der Waals surface area contributed by atoms with Crippen molar-refractivity contribution in [3.8, 4) is 11.4 Å². The smallest absolute Gasteiger partial charge is 0.290 e. The summed E-state index contributed by atoms with van der Waals surface area (Å²) in [4.78, 5) is 28.4. The van der Waals surface area contributed by atoms with Crippen molar-refractivity contribution in [3.05, 3.63) is 71.2 Å². The lowest BCUT2D eigenvalue weighted by Crippen LogP contribution is -2.49. The van der Waals surface area contributed by atoms with E-state index in [4.69, 9.17) is 8.85 Å².